The Morgan fingerprint density at radius 3 is 2.28 bits per heavy atom. The molecule has 0 fully saturated rings. The first kappa shape index (κ1) is 21.3. The van der Waals surface area contributed by atoms with E-state index in [1.54, 1.807) is 0 Å². The van der Waals surface area contributed by atoms with Gasteiger partial charge in [0, 0.05) is 19.4 Å². The summed E-state index contributed by atoms with van der Waals surface area (Å²) in [5, 5.41) is 10.8. The fraction of sp³-hybridized carbons (Fsp3) is 0.423. The SMILES string of the molecule is CCc1cc(C)cc(CC)c1C1=C(O)CC(CCOCc2ccccc2)CC1=O. The van der Waals surface area contributed by atoms with E-state index < -0.39 is 0 Å². The Morgan fingerprint density at radius 2 is 1.69 bits per heavy atom. The van der Waals surface area contributed by atoms with E-state index in [1.807, 2.05) is 30.3 Å². The molecule has 0 bridgehead atoms. The van der Waals surface area contributed by atoms with Crippen molar-refractivity contribution in [3.8, 4) is 0 Å². The van der Waals surface area contributed by atoms with E-state index in [4.69, 9.17) is 4.74 Å². The zero-order valence-electron chi connectivity index (χ0n) is 17.8. The third-order valence-corrected chi connectivity index (χ3v) is 5.76. The Kier molecular flexibility index (Phi) is 7.27. The van der Waals surface area contributed by atoms with Crippen LogP contribution in [0.15, 0.2) is 48.2 Å². The number of hydrogen-bond acceptors (Lipinski definition) is 3. The highest BCUT2D eigenvalue weighted by Crippen LogP contribution is 2.37. The van der Waals surface area contributed by atoms with E-state index in [1.165, 1.54) is 5.56 Å². The molecule has 29 heavy (non-hydrogen) atoms. The maximum Gasteiger partial charge on any atom is 0.167 e. The molecule has 3 nitrogen and oxygen atoms in total. The Bertz CT molecular complexity index is 855. The molecular weight excluding hydrogens is 360 g/mol. The molecule has 3 heteroatoms. The number of aliphatic hydroxyl groups excluding tert-OH is 1. The lowest BCUT2D eigenvalue weighted by molar-refractivity contribution is -0.115. The van der Waals surface area contributed by atoms with Crippen LogP contribution in [0.2, 0.25) is 0 Å². The van der Waals surface area contributed by atoms with Gasteiger partial charge < -0.3 is 9.84 Å². The van der Waals surface area contributed by atoms with Gasteiger partial charge in [0.2, 0.25) is 0 Å². The largest absolute Gasteiger partial charge is 0.512 e. The zero-order chi connectivity index (χ0) is 20.8. The standard InChI is InChI=1S/C26H32O3/c1-4-21-13-18(3)14-22(5-2)25(21)26-23(27)15-20(16-24(26)28)11-12-29-17-19-9-7-6-8-10-19/h6-10,13-14,20,27H,4-5,11-12,15-17H2,1-3H3. The molecule has 0 amide bonds. The number of allylic oxidation sites excluding steroid dienone is 2. The number of aliphatic hydroxyl groups is 1. The topological polar surface area (TPSA) is 46.5 Å². The van der Waals surface area contributed by atoms with Gasteiger partial charge in [0.25, 0.3) is 0 Å². The summed E-state index contributed by atoms with van der Waals surface area (Å²) in [5.41, 5.74) is 6.19. The molecule has 3 rings (SSSR count). The molecular formula is C26H32O3. The van der Waals surface area contributed by atoms with Crippen molar-refractivity contribution in [2.45, 2.75) is 59.5 Å². The molecule has 0 radical (unpaired) electrons. The number of ketones is 1. The van der Waals surface area contributed by atoms with Crippen LogP contribution in [-0.2, 0) is 29.0 Å². The normalized spacial score (nSPS) is 17.1. The molecule has 0 aromatic heterocycles. The summed E-state index contributed by atoms with van der Waals surface area (Å²) in [5.74, 6) is 0.459. The van der Waals surface area contributed by atoms with Gasteiger partial charge in [-0.2, -0.15) is 0 Å². The van der Waals surface area contributed by atoms with Crippen LogP contribution >= 0.6 is 0 Å². The smallest absolute Gasteiger partial charge is 0.167 e. The first-order valence-electron chi connectivity index (χ1n) is 10.7. The van der Waals surface area contributed by atoms with Crippen LogP contribution in [0.4, 0.5) is 0 Å². The van der Waals surface area contributed by atoms with Crippen molar-refractivity contribution in [3.05, 3.63) is 76.0 Å². The van der Waals surface area contributed by atoms with Crippen LogP contribution in [0.25, 0.3) is 5.57 Å². The second-order valence-electron chi connectivity index (χ2n) is 8.01. The van der Waals surface area contributed by atoms with Gasteiger partial charge in [0.05, 0.1) is 12.2 Å². The number of carbonyl (C=O) groups excluding carboxylic acids is 1. The first-order valence-corrected chi connectivity index (χ1v) is 10.7. The van der Waals surface area contributed by atoms with E-state index in [2.05, 4.69) is 32.9 Å². The maximum atomic E-state index is 13.0. The minimum Gasteiger partial charge on any atom is -0.512 e. The number of ether oxygens (including phenoxy) is 1. The highest BCUT2D eigenvalue weighted by molar-refractivity contribution is 6.22. The lowest BCUT2D eigenvalue weighted by Gasteiger charge is -2.26. The number of Topliss-reactive ketones (excluding diaryl/α,β-unsaturated/α-hetero) is 1. The van der Waals surface area contributed by atoms with Gasteiger partial charge in [0.1, 0.15) is 5.76 Å². The lowest BCUT2D eigenvalue weighted by Crippen LogP contribution is -2.21. The minimum atomic E-state index is 0.0649. The Balaban J connectivity index is 1.70. The van der Waals surface area contributed by atoms with Gasteiger partial charge in [-0.25, -0.2) is 0 Å². The van der Waals surface area contributed by atoms with E-state index in [0.717, 1.165) is 41.5 Å². The van der Waals surface area contributed by atoms with Gasteiger partial charge in [-0.15, -0.1) is 0 Å². The zero-order valence-corrected chi connectivity index (χ0v) is 17.8. The van der Waals surface area contributed by atoms with Crippen LogP contribution in [-0.4, -0.2) is 17.5 Å². The highest BCUT2D eigenvalue weighted by atomic mass is 16.5. The molecule has 2 aromatic carbocycles. The second kappa shape index (κ2) is 9.89. The third kappa shape index (κ3) is 5.16. The molecule has 1 aliphatic carbocycles. The van der Waals surface area contributed by atoms with E-state index >= 15 is 0 Å². The van der Waals surface area contributed by atoms with Crippen molar-refractivity contribution in [1.29, 1.82) is 0 Å². The van der Waals surface area contributed by atoms with Gasteiger partial charge in [-0.3, -0.25) is 4.79 Å². The molecule has 1 unspecified atom stereocenters. The Morgan fingerprint density at radius 1 is 1.03 bits per heavy atom. The fourth-order valence-electron chi connectivity index (χ4n) is 4.30. The van der Waals surface area contributed by atoms with Crippen molar-refractivity contribution in [2.75, 3.05) is 6.61 Å². The monoisotopic (exact) mass is 392 g/mol. The molecule has 0 aliphatic heterocycles. The van der Waals surface area contributed by atoms with Crippen molar-refractivity contribution in [1.82, 2.24) is 0 Å². The molecule has 1 N–H and O–H groups in total. The quantitative estimate of drug-likeness (QED) is 0.563. The van der Waals surface area contributed by atoms with Crippen LogP contribution < -0.4 is 0 Å². The molecule has 1 atom stereocenters. The van der Waals surface area contributed by atoms with Gasteiger partial charge in [0.15, 0.2) is 5.78 Å². The van der Waals surface area contributed by atoms with Gasteiger partial charge >= 0.3 is 0 Å². The van der Waals surface area contributed by atoms with Gasteiger partial charge in [-0.1, -0.05) is 61.9 Å². The minimum absolute atomic E-state index is 0.0649. The summed E-state index contributed by atoms with van der Waals surface area (Å²) < 4.78 is 5.78. The molecule has 0 heterocycles. The third-order valence-electron chi connectivity index (χ3n) is 5.76. The number of benzene rings is 2. The fourth-order valence-corrected chi connectivity index (χ4v) is 4.30. The number of carbonyl (C=O) groups is 1. The van der Waals surface area contributed by atoms with Crippen molar-refractivity contribution >= 4 is 11.4 Å². The van der Waals surface area contributed by atoms with Crippen molar-refractivity contribution in [2.24, 2.45) is 5.92 Å². The molecule has 0 saturated heterocycles. The Labute approximate surface area is 174 Å². The van der Waals surface area contributed by atoms with Crippen LogP contribution in [0, 0.1) is 12.8 Å². The Hall–Kier alpha value is -2.39. The molecule has 2 aromatic rings. The molecule has 154 valence electrons. The number of rotatable bonds is 8. The predicted octanol–water partition coefficient (Wildman–Crippen LogP) is 5.97. The summed E-state index contributed by atoms with van der Waals surface area (Å²) in [7, 11) is 0. The predicted molar refractivity (Wildman–Crippen MR) is 118 cm³/mol. The van der Waals surface area contributed by atoms with E-state index in [-0.39, 0.29) is 17.5 Å². The lowest BCUT2D eigenvalue weighted by atomic mass is 9.79. The average molecular weight is 393 g/mol. The van der Waals surface area contributed by atoms with Crippen LogP contribution in [0.5, 0.6) is 0 Å². The molecule has 0 saturated carbocycles. The number of hydrogen-bond donors (Lipinski definition) is 1. The highest BCUT2D eigenvalue weighted by Gasteiger charge is 2.30. The molecule has 1 aliphatic rings. The summed E-state index contributed by atoms with van der Waals surface area (Å²) in [6, 6.07) is 14.4. The van der Waals surface area contributed by atoms with Crippen LogP contribution in [0.3, 0.4) is 0 Å². The van der Waals surface area contributed by atoms with Crippen molar-refractivity contribution in [3.63, 3.8) is 0 Å². The maximum absolute atomic E-state index is 13.0. The number of aryl methyl sites for hydroxylation is 3. The van der Waals surface area contributed by atoms with Crippen LogP contribution in [0.1, 0.15) is 60.9 Å². The summed E-state index contributed by atoms with van der Waals surface area (Å²) in [6.07, 6.45) is 3.52. The average Bonchev–Trinajstić information content (AvgIpc) is 2.72. The summed E-state index contributed by atoms with van der Waals surface area (Å²) in [4.78, 5) is 13.0. The summed E-state index contributed by atoms with van der Waals surface area (Å²) in [6.45, 7) is 7.48. The second-order valence-corrected chi connectivity index (χ2v) is 8.01. The first-order chi connectivity index (χ1) is 14.0. The van der Waals surface area contributed by atoms with Crippen molar-refractivity contribution < 1.29 is 14.6 Å². The van der Waals surface area contributed by atoms with Gasteiger partial charge in [-0.05, 0) is 54.4 Å². The van der Waals surface area contributed by atoms with E-state index in [9.17, 15) is 9.90 Å². The molecule has 0 spiro atoms. The van der Waals surface area contributed by atoms with E-state index in [0.29, 0.717) is 31.6 Å². The summed E-state index contributed by atoms with van der Waals surface area (Å²) >= 11 is 0.